The zero-order valence-corrected chi connectivity index (χ0v) is 13.7. The number of urea groups is 1. The van der Waals surface area contributed by atoms with Gasteiger partial charge in [0.05, 0.1) is 6.20 Å². The number of aromatic nitrogens is 1. The van der Waals surface area contributed by atoms with E-state index < -0.39 is 0 Å². The summed E-state index contributed by atoms with van der Waals surface area (Å²) >= 11 is 0. The molecule has 7 heteroatoms. The molecule has 2 heterocycles. The van der Waals surface area contributed by atoms with E-state index in [1.165, 1.54) is 6.20 Å². The Morgan fingerprint density at radius 1 is 1.30 bits per heavy atom. The van der Waals surface area contributed by atoms with Crippen molar-refractivity contribution in [2.24, 2.45) is 5.92 Å². The minimum Gasteiger partial charge on any atom is -0.351 e. The quantitative estimate of drug-likeness (QED) is 0.752. The largest absolute Gasteiger partial charge is 0.351 e. The molecule has 1 aromatic heterocycles. The Hall–Kier alpha value is -2.05. The van der Waals surface area contributed by atoms with Crippen LogP contribution in [0, 0.1) is 5.92 Å². The number of nitrogens with one attached hydrogen (secondary N) is 2. The minimum atomic E-state index is -0.0910. The van der Waals surface area contributed by atoms with E-state index in [0.29, 0.717) is 24.8 Å². The number of hydrogen-bond acceptors (Lipinski definition) is 4. The fourth-order valence-corrected chi connectivity index (χ4v) is 2.89. The maximum Gasteiger partial charge on any atom is 0.314 e. The van der Waals surface area contributed by atoms with Gasteiger partial charge in [0, 0.05) is 32.2 Å². The Bertz CT molecular complexity index is 482. The van der Waals surface area contributed by atoms with Crippen LogP contribution >= 0.6 is 0 Å². The summed E-state index contributed by atoms with van der Waals surface area (Å²) in [7, 11) is 0. The van der Waals surface area contributed by atoms with Crippen LogP contribution in [0.25, 0.3) is 0 Å². The summed E-state index contributed by atoms with van der Waals surface area (Å²) in [4.78, 5) is 25.2. The molecule has 0 saturated carbocycles. The second kappa shape index (κ2) is 9.17. The van der Waals surface area contributed by atoms with Crippen LogP contribution in [0.3, 0.4) is 0 Å². The summed E-state index contributed by atoms with van der Waals surface area (Å²) < 4.78 is 4.92. The Kier molecular flexibility index (Phi) is 6.90. The average Bonchev–Trinajstić information content (AvgIpc) is 3.09. The molecule has 23 heavy (non-hydrogen) atoms. The van der Waals surface area contributed by atoms with Gasteiger partial charge in [-0.25, -0.2) is 4.79 Å². The highest BCUT2D eigenvalue weighted by Gasteiger charge is 2.25. The molecule has 1 fully saturated rings. The van der Waals surface area contributed by atoms with Gasteiger partial charge in [0.1, 0.15) is 0 Å². The molecular weight excluding hydrogens is 296 g/mol. The van der Waals surface area contributed by atoms with E-state index in [9.17, 15) is 9.59 Å². The predicted molar refractivity (Wildman–Crippen MR) is 86.1 cm³/mol. The maximum atomic E-state index is 12.1. The first-order chi connectivity index (χ1) is 11.2. The second-order valence-electron chi connectivity index (χ2n) is 5.89. The van der Waals surface area contributed by atoms with Gasteiger partial charge in [-0.15, -0.1) is 0 Å². The molecule has 7 nitrogen and oxygen atoms in total. The van der Waals surface area contributed by atoms with Gasteiger partial charge in [-0.3, -0.25) is 4.79 Å². The normalized spacial score (nSPS) is 15.4. The van der Waals surface area contributed by atoms with Gasteiger partial charge >= 0.3 is 6.03 Å². The zero-order chi connectivity index (χ0) is 16.5. The van der Waals surface area contributed by atoms with Gasteiger partial charge in [0.15, 0.2) is 0 Å². The Balaban J connectivity index is 1.56. The number of nitrogens with zero attached hydrogens (tertiary/aromatic N) is 2. The molecular formula is C16H26N4O3. The smallest absolute Gasteiger partial charge is 0.314 e. The van der Waals surface area contributed by atoms with E-state index in [4.69, 9.17) is 4.52 Å². The monoisotopic (exact) mass is 322 g/mol. The van der Waals surface area contributed by atoms with E-state index in [2.05, 4.69) is 15.8 Å². The van der Waals surface area contributed by atoms with Crippen molar-refractivity contribution in [3.8, 4) is 0 Å². The third-order valence-corrected chi connectivity index (χ3v) is 4.21. The number of amides is 3. The van der Waals surface area contributed by atoms with Gasteiger partial charge in [0.25, 0.3) is 5.91 Å². The molecule has 0 aromatic carbocycles. The summed E-state index contributed by atoms with van der Waals surface area (Å²) in [5, 5.41) is 9.13. The first-order valence-corrected chi connectivity index (χ1v) is 8.42. The molecule has 2 rings (SSSR count). The Morgan fingerprint density at radius 2 is 2.09 bits per heavy atom. The molecule has 3 amide bonds. The maximum absolute atomic E-state index is 12.1. The van der Waals surface area contributed by atoms with Crippen LogP contribution in [0.5, 0.6) is 0 Å². The Morgan fingerprint density at radius 3 is 2.74 bits per heavy atom. The summed E-state index contributed by atoms with van der Waals surface area (Å²) in [5.41, 5.74) is 0. The number of carbonyl (C=O) groups excluding carboxylic acids is 2. The van der Waals surface area contributed by atoms with E-state index >= 15 is 0 Å². The van der Waals surface area contributed by atoms with Gasteiger partial charge in [0.2, 0.25) is 5.76 Å². The van der Waals surface area contributed by atoms with Crippen molar-refractivity contribution in [2.75, 3.05) is 26.2 Å². The molecule has 128 valence electrons. The molecule has 1 aliphatic heterocycles. The molecule has 0 unspecified atom stereocenters. The van der Waals surface area contributed by atoms with Gasteiger partial charge < -0.3 is 20.1 Å². The van der Waals surface area contributed by atoms with Crippen LogP contribution in [-0.4, -0.2) is 48.2 Å². The summed E-state index contributed by atoms with van der Waals surface area (Å²) in [6.45, 7) is 4.83. The molecule has 0 bridgehead atoms. The van der Waals surface area contributed by atoms with Crippen molar-refractivity contribution in [1.82, 2.24) is 20.7 Å². The van der Waals surface area contributed by atoms with Gasteiger partial charge in [-0.1, -0.05) is 18.0 Å². The molecule has 1 aromatic rings. The molecule has 1 aliphatic rings. The summed E-state index contributed by atoms with van der Waals surface area (Å²) in [5.74, 6) is 0.921. The van der Waals surface area contributed by atoms with Crippen LogP contribution in [0.15, 0.2) is 16.8 Å². The van der Waals surface area contributed by atoms with E-state index in [0.717, 1.165) is 45.2 Å². The predicted octanol–water partition coefficient (Wildman–Crippen LogP) is 2.02. The molecule has 1 saturated heterocycles. The van der Waals surface area contributed by atoms with E-state index in [1.54, 1.807) is 6.07 Å². The topological polar surface area (TPSA) is 87.5 Å². The fourth-order valence-electron chi connectivity index (χ4n) is 2.89. The highest BCUT2D eigenvalue weighted by molar-refractivity contribution is 5.91. The lowest BCUT2D eigenvalue weighted by Gasteiger charge is -2.31. The number of piperidine rings is 1. The number of hydrogen-bond donors (Lipinski definition) is 2. The van der Waals surface area contributed by atoms with Crippen molar-refractivity contribution in [3.63, 3.8) is 0 Å². The zero-order valence-electron chi connectivity index (χ0n) is 13.7. The fraction of sp³-hybridized carbons (Fsp3) is 0.688. The van der Waals surface area contributed by atoms with Gasteiger partial charge in [-0.05, 0) is 32.1 Å². The van der Waals surface area contributed by atoms with Crippen LogP contribution < -0.4 is 10.6 Å². The molecule has 0 spiro atoms. The van der Waals surface area contributed by atoms with Gasteiger partial charge in [-0.2, -0.15) is 0 Å². The summed E-state index contributed by atoms with van der Waals surface area (Å²) in [6, 6.07) is 1.52. The third kappa shape index (κ3) is 5.58. The lowest BCUT2D eigenvalue weighted by molar-refractivity contribution is 0.0644. The van der Waals surface area contributed by atoms with E-state index in [1.807, 2.05) is 11.8 Å². The lowest BCUT2D eigenvalue weighted by atomic mass is 9.91. The number of unbranched alkanes of at least 4 members (excludes halogenated alkanes) is 1. The molecule has 0 atom stereocenters. The first-order valence-electron chi connectivity index (χ1n) is 8.42. The minimum absolute atomic E-state index is 0.0629. The van der Waals surface area contributed by atoms with Crippen molar-refractivity contribution in [2.45, 2.75) is 39.0 Å². The third-order valence-electron chi connectivity index (χ3n) is 4.21. The number of carbonyl (C=O) groups is 2. The SMILES string of the molecule is CCNC(=O)NCCCCC1CCN(C(=O)c2ccno2)CC1. The standard InChI is InChI=1S/C16H26N4O3/c1-2-17-16(22)18-9-4-3-5-13-7-11-20(12-8-13)15(21)14-6-10-19-23-14/h6,10,13H,2-5,7-9,11-12H2,1H3,(H2,17,18,22). The first kappa shape index (κ1) is 17.3. The number of rotatable bonds is 7. The van der Waals surface area contributed by atoms with Crippen LogP contribution in [0.1, 0.15) is 49.6 Å². The average molecular weight is 322 g/mol. The second-order valence-corrected chi connectivity index (χ2v) is 5.89. The highest BCUT2D eigenvalue weighted by Crippen LogP contribution is 2.23. The van der Waals surface area contributed by atoms with Crippen molar-refractivity contribution >= 4 is 11.9 Å². The molecule has 0 radical (unpaired) electrons. The van der Waals surface area contributed by atoms with Crippen molar-refractivity contribution < 1.29 is 14.1 Å². The van der Waals surface area contributed by atoms with Crippen molar-refractivity contribution in [1.29, 1.82) is 0 Å². The lowest BCUT2D eigenvalue weighted by Crippen LogP contribution is -2.38. The highest BCUT2D eigenvalue weighted by atomic mass is 16.5. The van der Waals surface area contributed by atoms with Crippen LogP contribution in [-0.2, 0) is 0 Å². The Labute approximate surface area is 136 Å². The molecule has 0 aliphatic carbocycles. The van der Waals surface area contributed by atoms with Crippen LogP contribution in [0.2, 0.25) is 0 Å². The number of likely N-dealkylation sites (tertiary alicyclic amines) is 1. The molecule has 2 N–H and O–H groups in total. The van der Waals surface area contributed by atoms with Crippen molar-refractivity contribution in [3.05, 3.63) is 18.0 Å². The van der Waals surface area contributed by atoms with E-state index in [-0.39, 0.29) is 11.9 Å². The van der Waals surface area contributed by atoms with Crippen LogP contribution in [0.4, 0.5) is 4.79 Å². The summed E-state index contributed by atoms with van der Waals surface area (Å²) in [6.07, 6.45) is 6.81.